The fraction of sp³-hybridized carbons (Fsp3) is 0.474. The molecule has 0 spiro atoms. The summed E-state index contributed by atoms with van der Waals surface area (Å²) < 4.78 is 10.1. The number of hydrogen-bond acceptors (Lipinski definition) is 4. The van der Waals surface area contributed by atoms with E-state index in [1.165, 1.54) is 18.4 Å². The molecular formula is C19H26N3O4+. The van der Waals surface area contributed by atoms with E-state index in [1.54, 1.807) is 19.2 Å². The Labute approximate surface area is 152 Å². The second kappa shape index (κ2) is 7.78. The van der Waals surface area contributed by atoms with Gasteiger partial charge in [0.05, 0.1) is 38.5 Å². The van der Waals surface area contributed by atoms with E-state index in [1.807, 2.05) is 13.0 Å². The van der Waals surface area contributed by atoms with Crippen LogP contribution in [0.25, 0.3) is 10.9 Å². The van der Waals surface area contributed by atoms with E-state index >= 15 is 0 Å². The third-order valence-electron chi connectivity index (χ3n) is 5.14. The number of likely N-dealkylation sites (tertiary alicyclic amines) is 1. The standard InChI is InChI=1S/C19H25N3O4/c1-12(22-9-5-4-6-10-22)18(23)21-16-14-8-7-13(25-2)11-15(14)20-17(16)19(24)26-3/h7-8,11-12,20H,4-6,9-10H2,1-3H3,(H,21,23)/p+1/t12-/m0/s1. The Hall–Kier alpha value is -2.54. The number of carbonyl (C=O) groups is 2. The molecule has 0 aliphatic carbocycles. The van der Waals surface area contributed by atoms with Crippen LogP contribution < -0.4 is 15.0 Å². The monoisotopic (exact) mass is 360 g/mol. The van der Waals surface area contributed by atoms with Gasteiger partial charge < -0.3 is 24.7 Å². The lowest BCUT2D eigenvalue weighted by Crippen LogP contribution is -3.17. The third kappa shape index (κ3) is 3.53. The summed E-state index contributed by atoms with van der Waals surface area (Å²) in [4.78, 5) is 29.3. The molecule has 1 saturated heterocycles. The van der Waals surface area contributed by atoms with Gasteiger partial charge in [0.25, 0.3) is 5.91 Å². The molecule has 1 aliphatic heterocycles. The highest BCUT2D eigenvalue weighted by Gasteiger charge is 2.29. The van der Waals surface area contributed by atoms with Crippen molar-refractivity contribution in [3.63, 3.8) is 0 Å². The van der Waals surface area contributed by atoms with Crippen molar-refractivity contribution >= 4 is 28.5 Å². The van der Waals surface area contributed by atoms with Gasteiger partial charge in [-0.05, 0) is 38.3 Å². The summed E-state index contributed by atoms with van der Waals surface area (Å²) in [7, 11) is 2.90. The molecular weight excluding hydrogens is 334 g/mol. The quantitative estimate of drug-likeness (QED) is 0.703. The maximum atomic E-state index is 12.8. The van der Waals surface area contributed by atoms with Crippen molar-refractivity contribution in [1.82, 2.24) is 4.98 Å². The average Bonchev–Trinajstić information content (AvgIpc) is 3.04. The van der Waals surface area contributed by atoms with Crippen LogP contribution in [0.4, 0.5) is 5.69 Å². The van der Waals surface area contributed by atoms with Crippen molar-refractivity contribution in [2.75, 3.05) is 32.6 Å². The molecule has 0 unspecified atom stereocenters. The van der Waals surface area contributed by atoms with Crippen molar-refractivity contribution in [1.29, 1.82) is 0 Å². The highest BCUT2D eigenvalue weighted by Crippen LogP contribution is 2.31. The number of aromatic nitrogens is 1. The summed E-state index contributed by atoms with van der Waals surface area (Å²) in [5, 5.41) is 3.70. The van der Waals surface area contributed by atoms with Gasteiger partial charge in [-0.1, -0.05) is 0 Å². The molecule has 1 atom stereocenters. The molecule has 140 valence electrons. The number of piperidine rings is 1. The van der Waals surface area contributed by atoms with E-state index in [4.69, 9.17) is 9.47 Å². The van der Waals surface area contributed by atoms with E-state index in [2.05, 4.69) is 10.3 Å². The van der Waals surface area contributed by atoms with Gasteiger partial charge in [-0.2, -0.15) is 0 Å². The Morgan fingerprint density at radius 2 is 1.92 bits per heavy atom. The van der Waals surface area contributed by atoms with Crippen LogP contribution in [-0.2, 0) is 9.53 Å². The summed E-state index contributed by atoms with van der Waals surface area (Å²) in [6, 6.07) is 5.23. The van der Waals surface area contributed by atoms with Crippen molar-refractivity contribution in [3.05, 3.63) is 23.9 Å². The number of quaternary nitrogens is 1. The molecule has 7 nitrogen and oxygen atoms in total. The molecule has 1 amide bonds. The first-order chi connectivity index (χ1) is 12.5. The molecule has 2 aromatic rings. The van der Waals surface area contributed by atoms with E-state index in [-0.39, 0.29) is 17.6 Å². The minimum Gasteiger partial charge on any atom is -0.497 e. The van der Waals surface area contributed by atoms with Crippen LogP contribution in [0.15, 0.2) is 18.2 Å². The number of ether oxygens (including phenoxy) is 2. The normalized spacial score (nSPS) is 16.3. The number of nitrogens with one attached hydrogen (secondary N) is 3. The molecule has 26 heavy (non-hydrogen) atoms. The fourth-order valence-electron chi connectivity index (χ4n) is 3.54. The average molecular weight is 360 g/mol. The highest BCUT2D eigenvalue weighted by molar-refractivity contribution is 6.11. The van der Waals surface area contributed by atoms with Gasteiger partial charge in [-0.25, -0.2) is 4.79 Å². The Morgan fingerprint density at radius 3 is 2.58 bits per heavy atom. The number of amides is 1. The van der Waals surface area contributed by atoms with Gasteiger partial charge in [-0.15, -0.1) is 0 Å². The van der Waals surface area contributed by atoms with Gasteiger partial charge in [0.15, 0.2) is 6.04 Å². The van der Waals surface area contributed by atoms with E-state index in [0.29, 0.717) is 17.0 Å². The summed E-state index contributed by atoms with van der Waals surface area (Å²) in [6.45, 7) is 3.94. The van der Waals surface area contributed by atoms with Gasteiger partial charge in [0, 0.05) is 11.5 Å². The largest absolute Gasteiger partial charge is 0.497 e. The van der Waals surface area contributed by atoms with E-state index in [9.17, 15) is 9.59 Å². The zero-order valence-electron chi connectivity index (χ0n) is 15.5. The van der Waals surface area contributed by atoms with Crippen LogP contribution in [0.3, 0.4) is 0 Å². The first kappa shape index (κ1) is 18.3. The zero-order valence-corrected chi connectivity index (χ0v) is 15.5. The van der Waals surface area contributed by atoms with Gasteiger partial charge >= 0.3 is 5.97 Å². The summed E-state index contributed by atoms with van der Waals surface area (Å²) in [6.07, 6.45) is 3.52. The zero-order chi connectivity index (χ0) is 18.7. The molecule has 0 radical (unpaired) electrons. The van der Waals surface area contributed by atoms with Crippen molar-refractivity contribution < 1.29 is 24.0 Å². The second-order valence-electron chi connectivity index (χ2n) is 6.71. The summed E-state index contributed by atoms with van der Waals surface area (Å²) >= 11 is 0. The summed E-state index contributed by atoms with van der Waals surface area (Å²) in [5.41, 5.74) is 1.41. The molecule has 1 aliphatic rings. The van der Waals surface area contributed by atoms with Crippen LogP contribution in [0.1, 0.15) is 36.7 Å². The number of methoxy groups -OCH3 is 2. The van der Waals surface area contributed by atoms with Crippen LogP contribution in [-0.4, -0.2) is 50.2 Å². The second-order valence-corrected chi connectivity index (χ2v) is 6.71. The summed E-state index contributed by atoms with van der Waals surface area (Å²) in [5.74, 6) is 0.0522. The maximum Gasteiger partial charge on any atom is 0.356 e. The van der Waals surface area contributed by atoms with Gasteiger partial charge in [0.1, 0.15) is 11.4 Å². The molecule has 3 rings (SSSR count). The molecule has 1 aromatic carbocycles. The predicted molar refractivity (Wildman–Crippen MR) is 98.8 cm³/mol. The Balaban J connectivity index is 1.91. The fourth-order valence-corrected chi connectivity index (χ4v) is 3.54. The number of benzene rings is 1. The first-order valence-corrected chi connectivity index (χ1v) is 8.98. The number of esters is 1. The molecule has 1 fully saturated rings. The van der Waals surface area contributed by atoms with E-state index in [0.717, 1.165) is 31.3 Å². The Morgan fingerprint density at radius 1 is 1.19 bits per heavy atom. The number of fused-ring (bicyclic) bond motifs is 1. The number of carbonyl (C=O) groups excluding carboxylic acids is 2. The van der Waals surface area contributed by atoms with Crippen molar-refractivity contribution in [2.45, 2.75) is 32.2 Å². The molecule has 0 saturated carbocycles. The number of rotatable bonds is 5. The van der Waals surface area contributed by atoms with E-state index < -0.39 is 5.97 Å². The van der Waals surface area contributed by atoms with Gasteiger partial charge in [0.2, 0.25) is 0 Å². The van der Waals surface area contributed by atoms with Crippen LogP contribution in [0.5, 0.6) is 5.75 Å². The number of hydrogen-bond donors (Lipinski definition) is 3. The molecule has 7 heteroatoms. The Kier molecular flexibility index (Phi) is 5.46. The van der Waals surface area contributed by atoms with Crippen LogP contribution in [0.2, 0.25) is 0 Å². The van der Waals surface area contributed by atoms with Crippen molar-refractivity contribution in [2.24, 2.45) is 0 Å². The third-order valence-corrected chi connectivity index (χ3v) is 5.14. The molecule has 3 N–H and O–H groups in total. The lowest BCUT2D eigenvalue weighted by Gasteiger charge is -2.28. The topological polar surface area (TPSA) is 84.9 Å². The number of aromatic amines is 1. The maximum absolute atomic E-state index is 12.8. The predicted octanol–water partition coefficient (Wildman–Crippen LogP) is 1.36. The van der Waals surface area contributed by atoms with Crippen LogP contribution in [0, 0.1) is 0 Å². The SMILES string of the molecule is COC(=O)c1[nH]c2cc(OC)ccc2c1NC(=O)[C@H](C)[NH+]1CCCCC1. The lowest BCUT2D eigenvalue weighted by molar-refractivity contribution is -0.918. The lowest BCUT2D eigenvalue weighted by atomic mass is 10.1. The Bertz CT molecular complexity index is 808. The molecule has 0 bridgehead atoms. The smallest absolute Gasteiger partial charge is 0.356 e. The molecule has 1 aromatic heterocycles. The van der Waals surface area contributed by atoms with Crippen molar-refractivity contribution in [3.8, 4) is 5.75 Å². The van der Waals surface area contributed by atoms with Crippen LogP contribution >= 0.6 is 0 Å². The first-order valence-electron chi connectivity index (χ1n) is 8.98. The highest BCUT2D eigenvalue weighted by atomic mass is 16.5. The van der Waals surface area contributed by atoms with Gasteiger partial charge in [-0.3, -0.25) is 4.79 Å². The minimum atomic E-state index is -0.520. The number of H-pyrrole nitrogens is 1. The number of anilines is 1. The minimum absolute atomic E-state index is 0.0937. The molecule has 2 heterocycles.